The minimum Gasteiger partial charge on any atom is -0.397 e. The number of pyridine rings is 1. The van der Waals surface area contributed by atoms with Crippen LogP contribution < -0.4 is 27.2 Å². The summed E-state index contributed by atoms with van der Waals surface area (Å²) in [7, 11) is 0. The Hall–Kier alpha value is -4.12. The predicted octanol–water partition coefficient (Wildman–Crippen LogP) is 1.74. The van der Waals surface area contributed by atoms with E-state index in [4.69, 9.17) is 30.4 Å². The van der Waals surface area contributed by atoms with E-state index in [-0.39, 0.29) is 34.2 Å². The van der Waals surface area contributed by atoms with Crippen LogP contribution in [-0.4, -0.2) is 124 Å². The van der Waals surface area contributed by atoms with Crippen molar-refractivity contribution in [2.75, 3.05) is 109 Å². The van der Waals surface area contributed by atoms with Gasteiger partial charge in [0.05, 0.1) is 80.8 Å². The molecule has 0 saturated carbocycles. The fourth-order valence-electron chi connectivity index (χ4n) is 5.31. The van der Waals surface area contributed by atoms with E-state index >= 15 is 0 Å². The number of aromatic amines is 2. The second-order valence-electron chi connectivity index (χ2n) is 11.1. The van der Waals surface area contributed by atoms with Gasteiger partial charge in [-0.25, -0.2) is 9.37 Å². The number of fused-ring (bicyclic) bond motifs is 1. The maximum Gasteiger partial charge on any atom is 0.261 e. The van der Waals surface area contributed by atoms with Gasteiger partial charge >= 0.3 is 0 Å². The highest BCUT2D eigenvalue weighted by atomic mass is 19.1. The topological polar surface area (TPSA) is 186 Å². The molecule has 0 spiro atoms. The van der Waals surface area contributed by atoms with Crippen molar-refractivity contribution in [3.8, 4) is 11.4 Å². The van der Waals surface area contributed by atoms with Crippen molar-refractivity contribution in [2.24, 2.45) is 5.73 Å². The number of nitrogens with two attached hydrogens (primary N) is 2. The minimum atomic E-state index is -0.775. The lowest BCUT2D eigenvalue weighted by Gasteiger charge is -2.36. The van der Waals surface area contributed by atoms with Crippen LogP contribution in [0.4, 0.5) is 15.8 Å². The third-order valence-electron chi connectivity index (χ3n) is 7.80. The number of nitrogens with zero attached hydrogens (tertiary/aromatic N) is 3. The van der Waals surface area contributed by atoms with E-state index in [1.54, 1.807) is 0 Å². The molecule has 3 aromatic rings. The van der Waals surface area contributed by atoms with E-state index in [1.807, 2.05) is 18.2 Å². The first-order valence-corrected chi connectivity index (χ1v) is 16.1. The van der Waals surface area contributed by atoms with Gasteiger partial charge in [-0.2, -0.15) is 0 Å². The van der Waals surface area contributed by atoms with Crippen LogP contribution in [0.3, 0.4) is 0 Å². The SMILES string of the molecule is C=Cc1[nH]c(=O)c(-c2nc3ccc(N4CCN(CCNC(=O)CCOCCOCCOCCOCCN)CC4)cc3[nH]2)c(N)c1C(=C)F. The van der Waals surface area contributed by atoms with Crippen molar-refractivity contribution in [1.29, 1.82) is 0 Å². The van der Waals surface area contributed by atoms with Crippen LogP contribution >= 0.6 is 0 Å². The lowest BCUT2D eigenvalue weighted by atomic mass is 10.1. The second-order valence-corrected chi connectivity index (χ2v) is 11.1. The number of nitrogen functional groups attached to an aromatic ring is 1. The molecule has 262 valence electrons. The predicted molar refractivity (Wildman–Crippen MR) is 185 cm³/mol. The number of aromatic nitrogens is 3. The van der Waals surface area contributed by atoms with E-state index in [9.17, 15) is 14.0 Å². The Balaban J connectivity index is 1.13. The first-order chi connectivity index (χ1) is 23.3. The second kappa shape index (κ2) is 19.0. The molecule has 1 saturated heterocycles. The summed E-state index contributed by atoms with van der Waals surface area (Å²) in [6.07, 6.45) is 1.62. The maximum absolute atomic E-state index is 14.2. The quantitative estimate of drug-likeness (QED) is 0.104. The van der Waals surface area contributed by atoms with Crippen LogP contribution in [0.1, 0.15) is 17.7 Å². The van der Waals surface area contributed by atoms with Gasteiger partial charge in [-0.15, -0.1) is 0 Å². The minimum absolute atomic E-state index is 0.0101. The summed E-state index contributed by atoms with van der Waals surface area (Å²) in [4.78, 5) is 39.9. The molecule has 48 heavy (non-hydrogen) atoms. The van der Waals surface area contributed by atoms with E-state index in [2.05, 4.69) is 43.2 Å². The molecule has 3 heterocycles. The van der Waals surface area contributed by atoms with Crippen LogP contribution in [-0.2, 0) is 23.7 Å². The number of anilines is 2. The number of imidazole rings is 1. The molecule has 0 unspecified atom stereocenters. The molecule has 1 fully saturated rings. The molecule has 0 radical (unpaired) electrons. The van der Waals surface area contributed by atoms with E-state index in [1.165, 1.54) is 6.08 Å². The van der Waals surface area contributed by atoms with E-state index < -0.39 is 11.4 Å². The van der Waals surface area contributed by atoms with Crippen LogP contribution in [0.15, 0.2) is 36.2 Å². The van der Waals surface area contributed by atoms with Crippen LogP contribution in [0.25, 0.3) is 34.3 Å². The molecule has 1 aliphatic heterocycles. The highest BCUT2D eigenvalue weighted by Crippen LogP contribution is 2.32. The lowest BCUT2D eigenvalue weighted by Crippen LogP contribution is -2.48. The Bertz CT molecular complexity index is 1570. The van der Waals surface area contributed by atoms with Gasteiger partial charge in [-0.3, -0.25) is 14.5 Å². The first-order valence-electron chi connectivity index (χ1n) is 16.1. The molecule has 0 bridgehead atoms. The number of carbonyl (C=O) groups is 1. The van der Waals surface area contributed by atoms with Crippen molar-refractivity contribution >= 4 is 40.2 Å². The summed E-state index contributed by atoms with van der Waals surface area (Å²) in [5, 5.41) is 2.96. The number of hydrogen-bond donors (Lipinski definition) is 5. The molecule has 7 N–H and O–H groups in total. The summed E-state index contributed by atoms with van der Waals surface area (Å²) >= 11 is 0. The number of halogens is 1. The number of amides is 1. The smallest absolute Gasteiger partial charge is 0.261 e. The van der Waals surface area contributed by atoms with Gasteiger partial charge in [0.25, 0.3) is 5.56 Å². The van der Waals surface area contributed by atoms with Gasteiger partial charge in [0, 0.05) is 57.9 Å². The molecule has 14 nitrogen and oxygen atoms in total. The Labute approximate surface area is 279 Å². The molecule has 2 aromatic heterocycles. The van der Waals surface area contributed by atoms with Gasteiger partial charge in [0.1, 0.15) is 17.2 Å². The molecule has 15 heteroatoms. The van der Waals surface area contributed by atoms with Crippen molar-refractivity contribution < 1.29 is 28.1 Å². The fourth-order valence-corrected chi connectivity index (χ4v) is 5.31. The summed E-state index contributed by atoms with van der Waals surface area (Å²) < 4.78 is 35.7. The van der Waals surface area contributed by atoms with Gasteiger partial charge < -0.3 is 50.6 Å². The van der Waals surface area contributed by atoms with Gasteiger partial charge in [0.2, 0.25) is 5.91 Å². The molecule has 1 amide bonds. The monoisotopic (exact) mass is 670 g/mol. The third-order valence-corrected chi connectivity index (χ3v) is 7.80. The molecule has 1 aromatic carbocycles. The van der Waals surface area contributed by atoms with Crippen molar-refractivity contribution in [3.63, 3.8) is 0 Å². The lowest BCUT2D eigenvalue weighted by molar-refractivity contribution is -0.122. The average Bonchev–Trinajstić information content (AvgIpc) is 3.49. The van der Waals surface area contributed by atoms with Crippen molar-refractivity contribution in [3.05, 3.63) is 53.0 Å². The number of benzene rings is 1. The van der Waals surface area contributed by atoms with Crippen LogP contribution in [0, 0.1) is 0 Å². The molecule has 4 rings (SSSR count). The van der Waals surface area contributed by atoms with E-state index in [0.717, 1.165) is 43.9 Å². The highest BCUT2D eigenvalue weighted by Gasteiger charge is 2.22. The molecular formula is C33H47FN8O6. The number of ether oxygens (including phenoxy) is 4. The Morgan fingerprint density at radius 3 is 2.27 bits per heavy atom. The first kappa shape index (κ1) is 36.7. The highest BCUT2D eigenvalue weighted by molar-refractivity contribution is 5.89. The average molecular weight is 671 g/mol. The zero-order chi connectivity index (χ0) is 34.3. The Kier molecular flexibility index (Phi) is 14.5. The molecule has 0 aliphatic carbocycles. The maximum atomic E-state index is 14.2. The number of H-pyrrole nitrogens is 2. The number of hydrogen-bond acceptors (Lipinski definition) is 11. The van der Waals surface area contributed by atoms with Gasteiger partial charge in [0.15, 0.2) is 0 Å². The normalized spacial score (nSPS) is 13.7. The van der Waals surface area contributed by atoms with Gasteiger partial charge in [-0.1, -0.05) is 13.2 Å². The summed E-state index contributed by atoms with van der Waals surface area (Å²) in [6.45, 7) is 15.8. The number of carbonyl (C=O) groups excluding carboxylic acids is 1. The van der Waals surface area contributed by atoms with Gasteiger partial charge in [-0.05, 0) is 24.3 Å². The zero-order valence-corrected chi connectivity index (χ0v) is 27.4. The fraction of sp³-hybridized carbons (Fsp3) is 0.485. The standard InChI is InChI=1S/C33H47FN8O6/c1-3-25-29(23(2)34)31(36)30(33(44)40-25)32-38-26-5-4-24(22-27(26)39-32)42-12-10-41(11-13-42)9-8-37-28(43)6-14-45-16-18-47-20-21-48-19-17-46-15-7-35/h3-5,22H,1-2,6-21,35H2,(H,37,43)(H,38,39)(H3,36,40,44). The number of rotatable bonds is 21. The summed E-state index contributed by atoms with van der Waals surface area (Å²) in [5.74, 6) is -0.578. The Morgan fingerprint density at radius 1 is 1.00 bits per heavy atom. The van der Waals surface area contributed by atoms with Crippen molar-refractivity contribution in [2.45, 2.75) is 6.42 Å². The summed E-state index contributed by atoms with van der Waals surface area (Å²) in [5.41, 5.74) is 13.6. The number of piperazine rings is 1. The number of nitrogens with one attached hydrogen (secondary N) is 3. The molecule has 0 atom stereocenters. The van der Waals surface area contributed by atoms with Crippen LogP contribution in [0.5, 0.6) is 0 Å². The van der Waals surface area contributed by atoms with Crippen LogP contribution in [0.2, 0.25) is 0 Å². The van der Waals surface area contributed by atoms with Crippen molar-refractivity contribution in [1.82, 2.24) is 25.2 Å². The largest absolute Gasteiger partial charge is 0.397 e. The Morgan fingerprint density at radius 2 is 1.65 bits per heavy atom. The summed E-state index contributed by atoms with van der Waals surface area (Å²) in [6, 6.07) is 5.84. The third kappa shape index (κ3) is 10.4. The van der Waals surface area contributed by atoms with E-state index in [0.29, 0.717) is 77.9 Å². The zero-order valence-electron chi connectivity index (χ0n) is 27.4. The molecule has 1 aliphatic rings. The molecular weight excluding hydrogens is 623 g/mol.